The van der Waals surface area contributed by atoms with E-state index < -0.39 is 6.10 Å². The molecule has 26 heavy (non-hydrogen) atoms. The maximum absolute atomic E-state index is 12.6. The number of amides is 1. The van der Waals surface area contributed by atoms with E-state index in [0.717, 1.165) is 20.9 Å². The molecule has 0 aliphatic carbocycles. The fourth-order valence-electron chi connectivity index (χ4n) is 2.41. The highest BCUT2D eigenvalue weighted by molar-refractivity contribution is 8.01. The molecule has 3 aromatic rings. The van der Waals surface area contributed by atoms with Crippen LogP contribution in [0.5, 0.6) is 5.75 Å². The van der Waals surface area contributed by atoms with Gasteiger partial charge >= 0.3 is 0 Å². The van der Waals surface area contributed by atoms with Crippen molar-refractivity contribution in [1.29, 1.82) is 0 Å². The highest BCUT2D eigenvalue weighted by atomic mass is 32.2. The summed E-state index contributed by atoms with van der Waals surface area (Å²) in [5.74, 6) is 1.23. The van der Waals surface area contributed by atoms with Gasteiger partial charge in [-0.25, -0.2) is 0 Å². The predicted molar refractivity (Wildman–Crippen MR) is 108 cm³/mol. The van der Waals surface area contributed by atoms with Gasteiger partial charge in [0.15, 0.2) is 10.4 Å². The van der Waals surface area contributed by atoms with Crippen LogP contribution in [0.2, 0.25) is 0 Å². The van der Waals surface area contributed by atoms with Crippen molar-refractivity contribution < 1.29 is 9.53 Å². The van der Waals surface area contributed by atoms with E-state index in [4.69, 9.17) is 4.74 Å². The Morgan fingerprint density at radius 1 is 1.31 bits per heavy atom. The minimum absolute atomic E-state index is 0.225. The Morgan fingerprint density at radius 2 is 2.12 bits per heavy atom. The summed E-state index contributed by atoms with van der Waals surface area (Å²) in [5.41, 5.74) is 0. The average Bonchev–Trinajstić information content (AvgIpc) is 3.11. The molecule has 1 aromatic heterocycles. The fourth-order valence-corrected chi connectivity index (χ4v) is 3.92. The molecule has 3 rings (SSSR count). The Morgan fingerprint density at radius 3 is 2.92 bits per heavy atom. The maximum atomic E-state index is 12.6. The predicted octanol–water partition coefficient (Wildman–Crippen LogP) is 4.77. The third-order valence-electron chi connectivity index (χ3n) is 3.64. The molecule has 1 unspecified atom stereocenters. The van der Waals surface area contributed by atoms with Crippen molar-refractivity contribution in [2.75, 3.05) is 11.1 Å². The summed E-state index contributed by atoms with van der Waals surface area (Å²) in [7, 11) is 0. The SMILES string of the molecule is C=CCSc1nnc(NC(=O)C(CC)Oc2cccc3ccccc23)s1. The number of nitrogens with zero attached hydrogens (tertiary/aromatic N) is 2. The summed E-state index contributed by atoms with van der Waals surface area (Å²) >= 11 is 2.87. The Bertz CT molecular complexity index is 905. The molecule has 0 fully saturated rings. The topological polar surface area (TPSA) is 64.1 Å². The van der Waals surface area contributed by atoms with Crippen LogP contribution in [0.1, 0.15) is 13.3 Å². The first-order chi connectivity index (χ1) is 12.7. The van der Waals surface area contributed by atoms with Gasteiger partial charge in [0.1, 0.15) is 5.75 Å². The van der Waals surface area contributed by atoms with Crippen LogP contribution in [0, 0.1) is 0 Å². The number of aromatic nitrogens is 2. The highest BCUT2D eigenvalue weighted by Crippen LogP contribution is 2.28. The first-order valence-electron chi connectivity index (χ1n) is 8.23. The van der Waals surface area contributed by atoms with Crippen molar-refractivity contribution in [2.24, 2.45) is 0 Å². The average molecular weight is 386 g/mol. The second-order valence-electron chi connectivity index (χ2n) is 5.45. The summed E-state index contributed by atoms with van der Waals surface area (Å²) in [6.45, 7) is 5.59. The van der Waals surface area contributed by atoms with Gasteiger partial charge in [-0.1, -0.05) is 72.5 Å². The Hall–Kier alpha value is -2.38. The molecule has 0 aliphatic rings. The molecule has 7 heteroatoms. The molecule has 0 radical (unpaired) electrons. The van der Waals surface area contributed by atoms with E-state index >= 15 is 0 Å². The van der Waals surface area contributed by atoms with Crippen LogP contribution in [0.3, 0.4) is 0 Å². The van der Waals surface area contributed by atoms with Gasteiger partial charge in [0.25, 0.3) is 5.91 Å². The molecule has 1 amide bonds. The fraction of sp³-hybridized carbons (Fsp3) is 0.211. The molecule has 1 heterocycles. The number of anilines is 1. The van der Waals surface area contributed by atoms with Gasteiger partial charge in [-0.15, -0.1) is 16.8 Å². The van der Waals surface area contributed by atoms with Crippen molar-refractivity contribution in [3.05, 3.63) is 55.1 Å². The van der Waals surface area contributed by atoms with Gasteiger partial charge in [0.05, 0.1) is 0 Å². The monoisotopic (exact) mass is 385 g/mol. The molecule has 134 valence electrons. The molecule has 1 atom stereocenters. The standard InChI is InChI=1S/C19H19N3O2S2/c1-3-12-25-19-22-21-18(26-19)20-17(23)15(4-2)24-16-11-7-9-13-8-5-6-10-14(13)16/h3,5-11,15H,1,4,12H2,2H3,(H,20,21,23). The number of rotatable bonds is 8. The zero-order valence-electron chi connectivity index (χ0n) is 14.3. The first kappa shape index (κ1) is 18.4. The molecule has 0 saturated heterocycles. The van der Waals surface area contributed by atoms with Crippen LogP contribution in [0.15, 0.2) is 59.5 Å². The zero-order valence-corrected chi connectivity index (χ0v) is 16.0. The molecule has 0 spiro atoms. The van der Waals surface area contributed by atoms with Crippen LogP contribution in [-0.2, 0) is 4.79 Å². The number of hydrogen-bond donors (Lipinski definition) is 1. The molecule has 1 N–H and O–H groups in total. The molecular weight excluding hydrogens is 366 g/mol. The lowest BCUT2D eigenvalue weighted by Crippen LogP contribution is -2.32. The number of carbonyl (C=O) groups is 1. The van der Waals surface area contributed by atoms with Crippen LogP contribution < -0.4 is 10.1 Å². The lowest BCUT2D eigenvalue weighted by molar-refractivity contribution is -0.122. The lowest BCUT2D eigenvalue weighted by atomic mass is 10.1. The number of thioether (sulfide) groups is 1. The van der Waals surface area contributed by atoms with E-state index in [-0.39, 0.29) is 5.91 Å². The molecule has 2 aromatic carbocycles. The highest BCUT2D eigenvalue weighted by Gasteiger charge is 2.21. The summed E-state index contributed by atoms with van der Waals surface area (Å²) in [6, 6.07) is 13.8. The Labute approximate surface area is 160 Å². The van der Waals surface area contributed by atoms with E-state index in [1.165, 1.54) is 23.1 Å². The molecule has 5 nitrogen and oxygen atoms in total. The van der Waals surface area contributed by atoms with Crippen LogP contribution >= 0.6 is 23.1 Å². The number of hydrogen-bond acceptors (Lipinski definition) is 6. The smallest absolute Gasteiger partial charge is 0.267 e. The second kappa shape index (κ2) is 8.82. The molecule has 0 aliphatic heterocycles. The van der Waals surface area contributed by atoms with Crippen molar-refractivity contribution >= 4 is 44.9 Å². The summed E-state index contributed by atoms with van der Waals surface area (Å²) < 4.78 is 6.80. The van der Waals surface area contributed by atoms with Gasteiger partial charge in [-0.05, 0) is 17.9 Å². The van der Waals surface area contributed by atoms with E-state index in [2.05, 4.69) is 22.1 Å². The van der Waals surface area contributed by atoms with Crippen molar-refractivity contribution in [3.8, 4) is 5.75 Å². The Kier molecular flexibility index (Phi) is 6.25. The van der Waals surface area contributed by atoms with Crippen LogP contribution in [0.4, 0.5) is 5.13 Å². The van der Waals surface area contributed by atoms with Crippen molar-refractivity contribution in [2.45, 2.75) is 23.8 Å². The van der Waals surface area contributed by atoms with Crippen LogP contribution in [0.25, 0.3) is 10.8 Å². The van der Waals surface area contributed by atoms with Gasteiger partial charge in [-0.3, -0.25) is 10.1 Å². The van der Waals surface area contributed by atoms with E-state index in [1.807, 2.05) is 49.4 Å². The number of carbonyl (C=O) groups excluding carboxylic acids is 1. The number of ether oxygens (including phenoxy) is 1. The quantitative estimate of drug-likeness (QED) is 0.344. The van der Waals surface area contributed by atoms with E-state index in [1.54, 1.807) is 6.08 Å². The minimum Gasteiger partial charge on any atom is -0.480 e. The maximum Gasteiger partial charge on any atom is 0.267 e. The van der Waals surface area contributed by atoms with Crippen LogP contribution in [-0.4, -0.2) is 28.0 Å². The first-order valence-corrected chi connectivity index (χ1v) is 10.0. The largest absolute Gasteiger partial charge is 0.480 e. The number of fused-ring (bicyclic) bond motifs is 1. The Balaban J connectivity index is 1.70. The van der Waals surface area contributed by atoms with Gasteiger partial charge < -0.3 is 4.74 Å². The van der Waals surface area contributed by atoms with Gasteiger partial charge in [0.2, 0.25) is 5.13 Å². The van der Waals surface area contributed by atoms with Crippen molar-refractivity contribution in [3.63, 3.8) is 0 Å². The molecule has 0 saturated carbocycles. The van der Waals surface area contributed by atoms with Crippen molar-refractivity contribution in [1.82, 2.24) is 10.2 Å². The summed E-state index contributed by atoms with van der Waals surface area (Å²) in [6.07, 6.45) is 1.75. The lowest BCUT2D eigenvalue weighted by Gasteiger charge is -2.17. The third kappa shape index (κ3) is 4.42. The minimum atomic E-state index is -0.603. The summed E-state index contributed by atoms with van der Waals surface area (Å²) in [5, 5.41) is 13.4. The van der Waals surface area contributed by atoms with Gasteiger partial charge in [-0.2, -0.15) is 0 Å². The third-order valence-corrected chi connectivity index (χ3v) is 5.61. The molecule has 0 bridgehead atoms. The number of benzene rings is 2. The van der Waals surface area contributed by atoms with Gasteiger partial charge in [0, 0.05) is 11.1 Å². The second-order valence-corrected chi connectivity index (χ2v) is 7.70. The number of nitrogens with one attached hydrogen (secondary N) is 1. The normalized spacial score (nSPS) is 11.9. The van der Waals surface area contributed by atoms with E-state index in [9.17, 15) is 4.79 Å². The summed E-state index contributed by atoms with van der Waals surface area (Å²) in [4.78, 5) is 12.6. The van der Waals surface area contributed by atoms with E-state index in [0.29, 0.717) is 17.3 Å². The molecular formula is C19H19N3O2S2. The zero-order chi connectivity index (χ0) is 18.4.